The van der Waals surface area contributed by atoms with Crippen molar-refractivity contribution in [2.45, 2.75) is 47.6 Å². The van der Waals surface area contributed by atoms with E-state index in [9.17, 15) is 9.59 Å². The van der Waals surface area contributed by atoms with Gasteiger partial charge in [-0.15, -0.1) is 11.8 Å². The molecule has 0 bridgehead atoms. The molecule has 0 radical (unpaired) electrons. The highest BCUT2D eigenvalue weighted by Crippen LogP contribution is 2.35. The average Bonchev–Trinajstić information content (AvgIpc) is 3.40. The number of rotatable bonds is 7. The molecule has 7 nitrogen and oxygen atoms in total. The minimum Gasteiger partial charge on any atom is -0.497 e. The lowest BCUT2D eigenvalue weighted by molar-refractivity contribution is -0.119. The summed E-state index contributed by atoms with van der Waals surface area (Å²) in [5.41, 5.74) is 1.45. The molecule has 1 saturated heterocycles. The fourth-order valence-electron chi connectivity index (χ4n) is 3.57. The van der Waals surface area contributed by atoms with Crippen LogP contribution < -0.4 is 15.6 Å². The van der Waals surface area contributed by atoms with E-state index in [-0.39, 0.29) is 23.3 Å². The quantitative estimate of drug-likeness (QED) is 0.516. The van der Waals surface area contributed by atoms with Crippen molar-refractivity contribution in [1.29, 1.82) is 0 Å². The second kappa shape index (κ2) is 9.45. The molecule has 0 aliphatic carbocycles. The number of fused-ring (bicyclic) bond motifs is 1. The molecule has 0 saturated carbocycles. The molecule has 2 atom stereocenters. The molecule has 0 spiro atoms. The zero-order valence-corrected chi connectivity index (χ0v) is 18.7. The summed E-state index contributed by atoms with van der Waals surface area (Å²) in [7, 11) is 1.60. The summed E-state index contributed by atoms with van der Waals surface area (Å²) in [6, 6.07) is 7.29. The van der Waals surface area contributed by atoms with Gasteiger partial charge in [0.25, 0.3) is 5.56 Å². The van der Waals surface area contributed by atoms with Gasteiger partial charge in [-0.2, -0.15) is 0 Å². The Balaban J connectivity index is 1.56. The Hall–Kier alpha value is -1.97. The molecule has 1 aromatic heterocycles. The SMILES string of the molecule is COc1ccc(-n2c(SCC(=O)NC[C@@H]3CCCO3)nc3c(c2=O)S[C@@H](C)C3)cc1. The first kappa shape index (κ1) is 21.3. The topological polar surface area (TPSA) is 82.4 Å². The van der Waals surface area contributed by atoms with Crippen molar-refractivity contribution in [1.82, 2.24) is 14.9 Å². The molecule has 2 aliphatic heterocycles. The molecule has 3 heterocycles. The van der Waals surface area contributed by atoms with E-state index in [1.165, 1.54) is 11.8 Å². The van der Waals surface area contributed by atoms with Crippen molar-refractivity contribution in [3.63, 3.8) is 0 Å². The first-order valence-corrected chi connectivity index (χ1v) is 11.9. The van der Waals surface area contributed by atoms with Gasteiger partial charge in [-0.3, -0.25) is 14.2 Å². The molecule has 160 valence electrons. The Labute approximate surface area is 183 Å². The summed E-state index contributed by atoms with van der Waals surface area (Å²) in [6.07, 6.45) is 2.89. The maximum atomic E-state index is 13.3. The summed E-state index contributed by atoms with van der Waals surface area (Å²) in [6.45, 7) is 3.38. The number of nitrogens with one attached hydrogen (secondary N) is 1. The van der Waals surface area contributed by atoms with Gasteiger partial charge in [-0.05, 0) is 37.1 Å². The third-order valence-corrected chi connectivity index (χ3v) is 7.25. The maximum Gasteiger partial charge on any atom is 0.272 e. The minimum absolute atomic E-state index is 0.0817. The number of methoxy groups -OCH3 is 1. The van der Waals surface area contributed by atoms with Crippen LogP contribution in [0.1, 0.15) is 25.5 Å². The van der Waals surface area contributed by atoms with E-state index < -0.39 is 0 Å². The third-order valence-electron chi connectivity index (χ3n) is 5.10. The smallest absolute Gasteiger partial charge is 0.272 e. The Kier molecular flexibility index (Phi) is 6.70. The molecule has 1 fully saturated rings. The molecular weight excluding hydrogens is 422 g/mol. The van der Waals surface area contributed by atoms with Crippen LogP contribution in [0.25, 0.3) is 5.69 Å². The monoisotopic (exact) mass is 447 g/mol. The first-order chi connectivity index (χ1) is 14.5. The third kappa shape index (κ3) is 4.68. The Morgan fingerprint density at radius 3 is 2.90 bits per heavy atom. The summed E-state index contributed by atoms with van der Waals surface area (Å²) >= 11 is 2.85. The largest absolute Gasteiger partial charge is 0.497 e. The lowest BCUT2D eigenvalue weighted by atomic mass is 10.2. The molecular formula is C21H25N3O4S2. The van der Waals surface area contributed by atoms with Crippen molar-refractivity contribution in [3.05, 3.63) is 40.3 Å². The van der Waals surface area contributed by atoms with E-state index in [2.05, 4.69) is 12.2 Å². The number of nitrogens with zero attached hydrogens (tertiary/aromatic N) is 2. The van der Waals surface area contributed by atoms with Crippen molar-refractivity contribution >= 4 is 29.4 Å². The molecule has 1 N–H and O–H groups in total. The Morgan fingerprint density at radius 1 is 1.40 bits per heavy atom. The van der Waals surface area contributed by atoms with Gasteiger partial charge < -0.3 is 14.8 Å². The molecule has 9 heteroatoms. The molecule has 2 aromatic rings. The van der Waals surface area contributed by atoms with Gasteiger partial charge in [0.1, 0.15) is 5.75 Å². The molecule has 2 aliphatic rings. The molecule has 4 rings (SSSR count). The Morgan fingerprint density at radius 2 is 2.20 bits per heavy atom. The molecule has 30 heavy (non-hydrogen) atoms. The predicted molar refractivity (Wildman–Crippen MR) is 118 cm³/mol. The number of ether oxygens (including phenoxy) is 2. The Bertz CT molecular complexity index is 971. The number of benzene rings is 1. The highest BCUT2D eigenvalue weighted by atomic mass is 32.2. The van der Waals surface area contributed by atoms with Crippen LogP contribution in [0.2, 0.25) is 0 Å². The van der Waals surface area contributed by atoms with Crippen molar-refractivity contribution < 1.29 is 14.3 Å². The fourth-order valence-corrected chi connectivity index (χ4v) is 5.53. The lowest BCUT2D eigenvalue weighted by Crippen LogP contribution is -2.33. The van der Waals surface area contributed by atoms with Crippen LogP contribution in [-0.4, -0.2) is 52.8 Å². The van der Waals surface area contributed by atoms with Crippen LogP contribution in [0.3, 0.4) is 0 Å². The van der Waals surface area contributed by atoms with Gasteiger partial charge in [-0.1, -0.05) is 18.7 Å². The molecule has 1 amide bonds. The normalized spacial score (nSPS) is 20.2. The second-order valence-electron chi connectivity index (χ2n) is 7.37. The first-order valence-electron chi connectivity index (χ1n) is 10.0. The van der Waals surface area contributed by atoms with Crippen LogP contribution in [0.15, 0.2) is 39.1 Å². The summed E-state index contributed by atoms with van der Waals surface area (Å²) in [5, 5.41) is 3.77. The van der Waals surface area contributed by atoms with Gasteiger partial charge in [0, 0.05) is 24.8 Å². The standard InChI is InChI=1S/C21H25N3O4S2/c1-13-10-17-19(30-13)20(26)24(14-5-7-15(27-2)8-6-14)21(23-17)29-12-18(25)22-11-16-4-3-9-28-16/h5-8,13,16H,3-4,9-12H2,1-2H3,(H,22,25)/t13-,16-/m0/s1. The number of carbonyl (C=O) groups excluding carboxylic acids is 1. The predicted octanol–water partition coefficient (Wildman–Crippen LogP) is 2.67. The van der Waals surface area contributed by atoms with Crippen LogP contribution in [0.5, 0.6) is 5.75 Å². The molecule has 1 aromatic carbocycles. The van der Waals surface area contributed by atoms with Crippen molar-refractivity contribution in [3.8, 4) is 11.4 Å². The van der Waals surface area contributed by atoms with Crippen LogP contribution in [0.4, 0.5) is 0 Å². The van der Waals surface area contributed by atoms with Gasteiger partial charge in [0.2, 0.25) is 5.91 Å². The number of carbonyl (C=O) groups is 1. The number of aromatic nitrogens is 2. The van der Waals surface area contributed by atoms with Gasteiger partial charge in [0.15, 0.2) is 5.16 Å². The fraction of sp³-hybridized carbons (Fsp3) is 0.476. The summed E-state index contributed by atoms with van der Waals surface area (Å²) in [5.74, 6) is 0.817. The van der Waals surface area contributed by atoms with Crippen LogP contribution >= 0.6 is 23.5 Å². The number of amides is 1. The van der Waals surface area contributed by atoms with Crippen LogP contribution in [-0.2, 0) is 16.0 Å². The van der Waals surface area contributed by atoms with E-state index in [4.69, 9.17) is 14.5 Å². The van der Waals surface area contributed by atoms with Crippen molar-refractivity contribution in [2.24, 2.45) is 0 Å². The van der Waals surface area contributed by atoms with Gasteiger partial charge in [-0.25, -0.2) is 4.98 Å². The minimum atomic E-state index is -0.0886. The van der Waals surface area contributed by atoms with E-state index in [0.717, 1.165) is 31.6 Å². The van der Waals surface area contributed by atoms with Crippen molar-refractivity contribution in [2.75, 3.05) is 26.0 Å². The van der Waals surface area contributed by atoms with Crippen LogP contribution in [0, 0.1) is 0 Å². The zero-order chi connectivity index (χ0) is 21.1. The summed E-state index contributed by atoms with van der Waals surface area (Å²) in [4.78, 5) is 31.1. The average molecular weight is 448 g/mol. The maximum absolute atomic E-state index is 13.3. The number of hydrogen-bond acceptors (Lipinski definition) is 7. The number of hydrogen-bond donors (Lipinski definition) is 1. The molecule has 0 unspecified atom stereocenters. The lowest BCUT2D eigenvalue weighted by Gasteiger charge is -2.14. The van der Waals surface area contributed by atoms with E-state index in [0.29, 0.717) is 33.3 Å². The van der Waals surface area contributed by atoms with E-state index in [1.54, 1.807) is 23.4 Å². The van der Waals surface area contributed by atoms with Gasteiger partial charge in [0.05, 0.1) is 35.2 Å². The van der Waals surface area contributed by atoms with E-state index >= 15 is 0 Å². The zero-order valence-electron chi connectivity index (χ0n) is 17.1. The number of thioether (sulfide) groups is 2. The summed E-state index contributed by atoms with van der Waals surface area (Å²) < 4.78 is 12.4. The highest BCUT2D eigenvalue weighted by molar-refractivity contribution is 8.00. The van der Waals surface area contributed by atoms with E-state index in [1.807, 2.05) is 24.3 Å². The second-order valence-corrected chi connectivity index (χ2v) is 9.76. The highest BCUT2D eigenvalue weighted by Gasteiger charge is 2.27. The van der Waals surface area contributed by atoms with Gasteiger partial charge >= 0.3 is 0 Å².